The quantitative estimate of drug-likeness (QED) is 0.913. The smallest absolute Gasteiger partial charge is 0.229 e. The summed E-state index contributed by atoms with van der Waals surface area (Å²) in [6, 6.07) is 3.42. The van der Waals surface area contributed by atoms with Crippen molar-refractivity contribution >= 4 is 27.8 Å². The monoisotopic (exact) mass is 352 g/mol. The van der Waals surface area contributed by atoms with Gasteiger partial charge in [0.2, 0.25) is 11.9 Å². The normalized spacial score (nSPS) is 17.1. The number of benzene rings is 1. The van der Waals surface area contributed by atoms with Crippen LogP contribution in [-0.4, -0.2) is 34.9 Å². The molecule has 2 heterocycles. The van der Waals surface area contributed by atoms with Gasteiger partial charge in [-0.05, 0) is 12.1 Å². The molecular weight excluding hydrogens is 340 g/mol. The predicted octanol–water partition coefficient (Wildman–Crippen LogP) is 1.99. The lowest BCUT2D eigenvalue weighted by atomic mass is 10.0. The van der Waals surface area contributed by atoms with Crippen LogP contribution in [0, 0.1) is 0 Å². The van der Waals surface area contributed by atoms with Crippen LogP contribution in [0.3, 0.4) is 0 Å². The Hall–Kier alpha value is -2.09. The summed E-state index contributed by atoms with van der Waals surface area (Å²) in [5, 5.41) is 6.88. The van der Waals surface area contributed by atoms with Crippen molar-refractivity contribution < 1.29 is 14.3 Å². The predicted molar refractivity (Wildman–Crippen MR) is 78.7 cm³/mol. The largest absolute Gasteiger partial charge is 0.493 e. The zero-order valence-corrected chi connectivity index (χ0v) is 13.0. The first-order valence-corrected chi connectivity index (χ1v) is 7.04. The van der Waals surface area contributed by atoms with Gasteiger partial charge in [0.1, 0.15) is 6.33 Å². The summed E-state index contributed by atoms with van der Waals surface area (Å²) in [7, 11) is 3.14. The van der Waals surface area contributed by atoms with Crippen LogP contribution >= 0.6 is 15.9 Å². The molecular formula is C13H13BrN4O3. The fourth-order valence-electron chi connectivity index (χ4n) is 2.45. The molecule has 0 saturated carbocycles. The van der Waals surface area contributed by atoms with Crippen LogP contribution in [0.1, 0.15) is 18.0 Å². The lowest BCUT2D eigenvalue weighted by Gasteiger charge is -2.26. The van der Waals surface area contributed by atoms with Gasteiger partial charge in [-0.3, -0.25) is 10.1 Å². The van der Waals surface area contributed by atoms with Crippen LogP contribution in [0.4, 0.5) is 5.95 Å². The summed E-state index contributed by atoms with van der Waals surface area (Å²) >= 11 is 3.45. The summed E-state index contributed by atoms with van der Waals surface area (Å²) in [5.74, 6) is 1.50. The fourth-order valence-corrected chi connectivity index (χ4v) is 2.91. The number of rotatable bonds is 3. The molecule has 1 aromatic carbocycles. The second-order valence-electron chi connectivity index (χ2n) is 4.53. The molecule has 0 aliphatic carbocycles. The van der Waals surface area contributed by atoms with Gasteiger partial charge in [-0.1, -0.05) is 15.9 Å². The second kappa shape index (κ2) is 5.36. The van der Waals surface area contributed by atoms with Crippen molar-refractivity contribution in [3.63, 3.8) is 0 Å². The summed E-state index contributed by atoms with van der Waals surface area (Å²) in [6.07, 6.45) is 1.67. The van der Waals surface area contributed by atoms with Gasteiger partial charge >= 0.3 is 0 Å². The molecule has 110 valence electrons. The van der Waals surface area contributed by atoms with Gasteiger partial charge in [-0.15, -0.1) is 0 Å². The number of nitrogens with one attached hydrogen (secondary N) is 1. The van der Waals surface area contributed by atoms with Crippen LogP contribution in [0.15, 0.2) is 22.9 Å². The van der Waals surface area contributed by atoms with Gasteiger partial charge in [-0.2, -0.15) is 10.1 Å². The molecule has 0 fully saturated rings. The van der Waals surface area contributed by atoms with E-state index in [1.54, 1.807) is 18.9 Å². The zero-order valence-electron chi connectivity index (χ0n) is 11.5. The number of fused-ring (bicyclic) bond motifs is 1. The topological polar surface area (TPSA) is 78.3 Å². The molecule has 21 heavy (non-hydrogen) atoms. The summed E-state index contributed by atoms with van der Waals surface area (Å²) < 4.78 is 13.3. The van der Waals surface area contributed by atoms with Gasteiger partial charge in [0.15, 0.2) is 11.5 Å². The molecule has 2 aromatic rings. The van der Waals surface area contributed by atoms with Crippen LogP contribution in [-0.2, 0) is 4.79 Å². The molecule has 1 aliphatic rings. The third-order valence-corrected chi connectivity index (χ3v) is 3.79. The van der Waals surface area contributed by atoms with Crippen molar-refractivity contribution in [1.82, 2.24) is 14.8 Å². The molecule has 1 atom stereocenters. The highest BCUT2D eigenvalue weighted by Gasteiger charge is 2.31. The molecule has 0 radical (unpaired) electrons. The van der Waals surface area contributed by atoms with Crippen molar-refractivity contribution in [3.05, 3.63) is 28.5 Å². The Labute approximate surface area is 129 Å². The molecule has 3 rings (SSSR count). The maximum atomic E-state index is 11.9. The minimum Gasteiger partial charge on any atom is -0.493 e. The highest BCUT2D eigenvalue weighted by molar-refractivity contribution is 9.10. The Kier molecular flexibility index (Phi) is 3.54. The molecule has 0 spiro atoms. The zero-order chi connectivity index (χ0) is 15.0. The Balaban J connectivity index is 2.17. The number of methoxy groups -OCH3 is 2. The van der Waals surface area contributed by atoms with Crippen molar-refractivity contribution in [2.24, 2.45) is 0 Å². The summed E-state index contributed by atoms with van der Waals surface area (Å²) in [6.45, 7) is 0. The maximum absolute atomic E-state index is 11.9. The Morgan fingerprint density at radius 2 is 2.19 bits per heavy atom. The number of anilines is 1. The van der Waals surface area contributed by atoms with Crippen LogP contribution < -0.4 is 14.8 Å². The van der Waals surface area contributed by atoms with E-state index in [-0.39, 0.29) is 18.4 Å². The van der Waals surface area contributed by atoms with Gasteiger partial charge in [0.25, 0.3) is 0 Å². The minimum absolute atomic E-state index is 0.110. The first-order valence-electron chi connectivity index (χ1n) is 6.24. The van der Waals surface area contributed by atoms with Crippen molar-refractivity contribution in [1.29, 1.82) is 0 Å². The molecule has 1 aromatic heterocycles. The van der Waals surface area contributed by atoms with Crippen LogP contribution in [0.5, 0.6) is 11.5 Å². The highest BCUT2D eigenvalue weighted by atomic mass is 79.9. The molecule has 0 bridgehead atoms. The average Bonchev–Trinajstić information content (AvgIpc) is 2.93. The van der Waals surface area contributed by atoms with Crippen molar-refractivity contribution in [2.75, 3.05) is 19.5 Å². The lowest BCUT2D eigenvalue weighted by Crippen LogP contribution is -2.29. The van der Waals surface area contributed by atoms with Gasteiger partial charge in [0, 0.05) is 10.0 Å². The van der Waals surface area contributed by atoms with Gasteiger partial charge < -0.3 is 9.47 Å². The minimum atomic E-state index is -0.294. The third kappa shape index (κ3) is 2.35. The first-order chi connectivity index (χ1) is 10.1. The molecule has 1 amide bonds. The van der Waals surface area contributed by atoms with E-state index in [1.807, 2.05) is 12.1 Å². The van der Waals surface area contributed by atoms with E-state index >= 15 is 0 Å². The number of hydrogen-bond acceptors (Lipinski definition) is 5. The van der Waals surface area contributed by atoms with Crippen LogP contribution in [0.2, 0.25) is 0 Å². The number of carbonyl (C=O) groups is 1. The average molecular weight is 353 g/mol. The molecule has 0 saturated heterocycles. The van der Waals surface area contributed by atoms with E-state index in [0.29, 0.717) is 17.4 Å². The van der Waals surface area contributed by atoms with Crippen LogP contribution in [0.25, 0.3) is 0 Å². The lowest BCUT2D eigenvalue weighted by molar-refractivity contribution is -0.117. The Bertz CT molecular complexity index is 701. The Morgan fingerprint density at radius 1 is 1.38 bits per heavy atom. The van der Waals surface area contributed by atoms with E-state index in [4.69, 9.17) is 9.47 Å². The number of carbonyl (C=O) groups excluding carboxylic acids is 1. The molecule has 1 N–H and O–H groups in total. The van der Waals surface area contributed by atoms with Crippen molar-refractivity contribution in [2.45, 2.75) is 12.5 Å². The SMILES string of the molecule is COc1cc(Br)cc([C@H]2CC(=O)Nc3ncnn32)c1OC. The summed E-state index contributed by atoms with van der Waals surface area (Å²) in [4.78, 5) is 15.9. The van der Waals surface area contributed by atoms with Crippen molar-refractivity contribution in [3.8, 4) is 11.5 Å². The number of halogens is 1. The maximum Gasteiger partial charge on any atom is 0.229 e. The number of nitrogens with zero attached hydrogens (tertiary/aromatic N) is 3. The summed E-state index contributed by atoms with van der Waals surface area (Å²) in [5.41, 5.74) is 0.810. The van der Waals surface area contributed by atoms with E-state index in [9.17, 15) is 4.79 Å². The fraction of sp³-hybridized carbons (Fsp3) is 0.308. The molecule has 0 unspecified atom stereocenters. The molecule has 1 aliphatic heterocycles. The van der Waals surface area contributed by atoms with E-state index in [1.165, 1.54) is 6.33 Å². The number of ether oxygens (including phenoxy) is 2. The van der Waals surface area contributed by atoms with E-state index in [2.05, 4.69) is 31.3 Å². The number of amides is 1. The van der Waals surface area contributed by atoms with E-state index < -0.39 is 0 Å². The van der Waals surface area contributed by atoms with E-state index in [0.717, 1.165) is 10.0 Å². The third-order valence-electron chi connectivity index (χ3n) is 3.33. The number of hydrogen-bond donors (Lipinski definition) is 1. The second-order valence-corrected chi connectivity index (χ2v) is 5.44. The van der Waals surface area contributed by atoms with Gasteiger partial charge in [-0.25, -0.2) is 4.68 Å². The standard InChI is InChI=1S/C13H13BrN4O3/c1-20-10-4-7(14)3-8(12(10)21-2)9-5-11(19)17-13-15-6-16-18(9)13/h3-4,6,9H,5H2,1-2H3,(H,15,16,17,19)/t9-/m1/s1. The molecule has 7 nitrogen and oxygen atoms in total. The first kappa shape index (κ1) is 13.9. The highest BCUT2D eigenvalue weighted by Crippen LogP contribution is 2.41. The molecule has 8 heteroatoms. The van der Waals surface area contributed by atoms with Gasteiger partial charge in [0.05, 0.1) is 26.7 Å². The Morgan fingerprint density at radius 3 is 2.90 bits per heavy atom. The number of aromatic nitrogens is 3.